The number of nitrogens with zero attached hydrogens (tertiary/aromatic N) is 4. The predicted molar refractivity (Wildman–Crippen MR) is 214 cm³/mol. The van der Waals surface area contributed by atoms with Crippen LogP contribution in [0.25, 0.3) is 54.9 Å². The molecule has 0 aliphatic carbocycles. The van der Waals surface area contributed by atoms with E-state index < -0.39 is 0 Å². The molecule has 4 heteroatoms. The van der Waals surface area contributed by atoms with E-state index in [-0.39, 0.29) is 0 Å². The van der Waals surface area contributed by atoms with Gasteiger partial charge in [-0.25, -0.2) is 0 Å². The number of para-hydroxylation sites is 6. The van der Waals surface area contributed by atoms with Crippen LogP contribution in [-0.2, 0) is 0 Å². The molecule has 0 bridgehead atoms. The molecule has 10 aromatic rings. The molecular weight excluding hydrogens is 621 g/mol. The topological polar surface area (TPSA) is 16.3 Å². The number of fused-ring (bicyclic) bond motifs is 4. The second-order valence-electron chi connectivity index (χ2n) is 13.5. The highest BCUT2D eigenvalue weighted by atomic mass is 15.3. The van der Waals surface area contributed by atoms with E-state index in [1.807, 2.05) is 0 Å². The van der Waals surface area contributed by atoms with E-state index in [1.165, 1.54) is 54.7 Å². The van der Waals surface area contributed by atoms with Crippen molar-refractivity contribution in [3.8, 4) is 11.4 Å². The number of aryl methyl sites for hydroxylation is 1. The van der Waals surface area contributed by atoms with Gasteiger partial charge in [-0.05, 0) is 103 Å². The van der Waals surface area contributed by atoms with Crippen LogP contribution in [0, 0.1) is 6.92 Å². The van der Waals surface area contributed by atoms with Gasteiger partial charge in [0.1, 0.15) is 0 Å². The second kappa shape index (κ2) is 10.6. The molecule has 0 N–H and O–H groups in total. The predicted octanol–water partition coefficient (Wildman–Crippen LogP) is 12.9. The number of benzene rings is 8. The number of rotatable bonds is 4. The maximum absolute atomic E-state index is 2.45. The normalized spacial score (nSPS) is 12.7. The second-order valence-corrected chi connectivity index (χ2v) is 13.5. The summed E-state index contributed by atoms with van der Waals surface area (Å²) in [4.78, 5) is 4.76. The van der Waals surface area contributed by atoms with Crippen LogP contribution in [0.5, 0.6) is 0 Å². The van der Waals surface area contributed by atoms with Crippen LogP contribution >= 0.6 is 0 Å². The fourth-order valence-electron chi connectivity index (χ4n) is 8.53. The highest BCUT2D eigenvalue weighted by molar-refractivity contribution is 6.29. The quantitative estimate of drug-likeness (QED) is 0.176. The maximum Gasteiger partial charge on any atom is 0.0703 e. The molecule has 11 rings (SSSR count). The van der Waals surface area contributed by atoms with Crippen molar-refractivity contribution in [2.45, 2.75) is 6.92 Å². The third-order valence-electron chi connectivity index (χ3n) is 10.7. The van der Waals surface area contributed by atoms with E-state index in [9.17, 15) is 0 Å². The molecule has 2 aromatic heterocycles. The van der Waals surface area contributed by atoms with Gasteiger partial charge in [-0.3, -0.25) is 0 Å². The SMILES string of the molecule is Cc1ccccc1-n1ccc2cc3c4c(ccc5cccc(c54)n3-c3ccc(N4c5ccccc5N(c5ccccc5)c5ccccc54)cc3)c21. The fraction of sp³-hybridized carbons (Fsp3) is 0.0213. The van der Waals surface area contributed by atoms with Gasteiger partial charge in [-0.15, -0.1) is 0 Å². The highest BCUT2D eigenvalue weighted by Gasteiger charge is 2.30. The van der Waals surface area contributed by atoms with Gasteiger partial charge >= 0.3 is 0 Å². The summed E-state index contributed by atoms with van der Waals surface area (Å²) in [6.45, 7) is 2.19. The molecule has 0 saturated heterocycles. The molecule has 51 heavy (non-hydrogen) atoms. The zero-order valence-corrected chi connectivity index (χ0v) is 28.0. The molecule has 0 radical (unpaired) electrons. The van der Waals surface area contributed by atoms with E-state index in [4.69, 9.17) is 0 Å². The van der Waals surface area contributed by atoms with Crippen molar-refractivity contribution < 1.29 is 0 Å². The lowest BCUT2D eigenvalue weighted by Crippen LogP contribution is -2.23. The Kier molecular flexibility index (Phi) is 5.84. The summed E-state index contributed by atoms with van der Waals surface area (Å²) in [5, 5.41) is 6.40. The van der Waals surface area contributed by atoms with Gasteiger partial charge in [0.2, 0.25) is 0 Å². The lowest BCUT2D eigenvalue weighted by atomic mass is 10.00. The van der Waals surface area contributed by atoms with Gasteiger partial charge in [0.25, 0.3) is 0 Å². The molecule has 1 aliphatic heterocycles. The van der Waals surface area contributed by atoms with Gasteiger partial charge in [0.05, 0.1) is 39.3 Å². The van der Waals surface area contributed by atoms with Crippen molar-refractivity contribution in [3.05, 3.63) is 182 Å². The molecule has 1 aliphatic rings. The van der Waals surface area contributed by atoms with Crippen molar-refractivity contribution >= 4 is 77.6 Å². The molecule has 0 amide bonds. The third kappa shape index (κ3) is 3.96. The Morgan fingerprint density at radius 3 is 1.65 bits per heavy atom. The van der Waals surface area contributed by atoms with Crippen LogP contribution in [0.15, 0.2) is 176 Å². The molecule has 3 heterocycles. The van der Waals surface area contributed by atoms with Crippen LogP contribution in [0.2, 0.25) is 0 Å². The minimum absolute atomic E-state index is 1.12. The number of anilines is 6. The largest absolute Gasteiger partial charge is 0.316 e. The molecule has 4 nitrogen and oxygen atoms in total. The van der Waals surface area contributed by atoms with Crippen molar-refractivity contribution in [3.63, 3.8) is 0 Å². The lowest BCUT2D eigenvalue weighted by molar-refractivity contribution is 1.11. The Morgan fingerprint density at radius 1 is 0.392 bits per heavy atom. The van der Waals surface area contributed by atoms with Crippen molar-refractivity contribution in [2.24, 2.45) is 0 Å². The molecule has 0 unspecified atom stereocenters. The first kappa shape index (κ1) is 28.1. The summed E-state index contributed by atoms with van der Waals surface area (Å²) in [6, 6.07) is 61.7. The zero-order chi connectivity index (χ0) is 33.6. The Labute approximate surface area is 295 Å². The van der Waals surface area contributed by atoms with Gasteiger partial charge in [-0.2, -0.15) is 0 Å². The highest BCUT2D eigenvalue weighted by Crippen LogP contribution is 2.54. The average Bonchev–Trinajstić information content (AvgIpc) is 3.76. The number of aromatic nitrogens is 2. The maximum atomic E-state index is 2.45. The summed E-state index contributed by atoms with van der Waals surface area (Å²) < 4.78 is 4.82. The first-order valence-corrected chi connectivity index (χ1v) is 17.5. The Hall–Kier alpha value is -6.78. The lowest BCUT2D eigenvalue weighted by Gasteiger charge is -2.40. The molecular formula is C47H32N4. The number of hydrogen-bond acceptors (Lipinski definition) is 2. The summed E-state index contributed by atoms with van der Waals surface area (Å²) in [7, 11) is 0. The van der Waals surface area contributed by atoms with Gasteiger partial charge in [0, 0.05) is 50.5 Å². The summed E-state index contributed by atoms with van der Waals surface area (Å²) >= 11 is 0. The van der Waals surface area contributed by atoms with Crippen molar-refractivity contribution in [1.29, 1.82) is 0 Å². The standard InChI is InChI=1S/C47H32N4/c1-31-12-5-6-16-38(31)48-29-28-33-30-44-46-37(47(33)48)27-22-32-13-11-21-43(45(32)46)51(44)36-25-23-35(24-26-36)50-41-19-9-7-17-39(41)49(34-14-3-2-4-15-34)40-18-8-10-20-42(40)50/h2-30H,1H3. The van der Waals surface area contributed by atoms with Crippen LogP contribution < -0.4 is 9.80 Å². The zero-order valence-electron chi connectivity index (χ0n) is 28.0. The number of hydrogen-bond donors (Lipinski definition) is 0. The molecule has 0 fully saturated rings. The Balaban J connectivity index is 1.10. The van der Waals surface area contributed by atoms with Crippen LogP contribution in [0.3, 0.4) is 0 Å². The van der Waals surface area contributed by atoms with E-state index in [0.29, 0.717) is 0 Å². The first-order chi connectivity index (χ1) is 25.2. The third-order valence-corrected chi connectivity index (χ3v) is 10.7. The van der Waals surface area contributed by atoms with Crippen molar-refractivity contribution in [2.75, 3.05) is 9.80 Å². The minimum atomic E-state index is 1.12. The van der Waals surface area contributed by atoms with E-state index in [1.54, 1.807) is 0 Å². The van der Waals surface area contributed by atoms with Crippen LogP contribution in [-0.4, -0.2) is 9.13 Å². The van der Waals surface area contributed by atoms with E-state index in [0.717, 1.165) is 39.8 Å². The van der Waals surface area contributed by atoms with Gasteiger partial charge in [-0.1, -0.05) is 84.9 Å². The van der Waals surface area contributed by atoms with E-state index in [2.05, 4.69) is 202 Å². The molecule has 8 aromatic carbocycles. The molecule has 0 atom stereocenters. The van der Waals surface area contributed by atoms with E-state index >= 15 is 0 Å². The van der Waals surface area contributed by atoms with Crippen LogP contribution in [0.1, 0.15) is 5.56 Å². The first-order valence-electron chi connectivity index (χ1n) is 17.5. The van der Waals surface area contributed by atoms with Gasteiger partial charge in [0.15, 0.2) is 0 Å². The summed E-state index contributed by atoms with van der Waals surface area (Å²) in [6.07, 6.45) is 2.22. The molecule has 240 valence electrons. The Morgan fingerprint density at radius 2 is 0.980 bits per heavy atom. The molecule has 0 spiro atoms. The van der Waals surface area contributed by atoms with Crippen LogP contribution in [0.4, 0.5) is 34.1 Å². The van der Waals surface area contributed by atoms with Crippen molar-refractivity contribution in [1.82, 2.24) is 9.13 Å². The minimum Gasteiger partial charge on any atom is -0.316 e. The summed E-state index contributed by atoms with van der Waals surface area (Å²) in [5.74, 6) is 0. The molecule has 0 saturated carbocycles. The van der Waals surface area contributed by atoms with Gasteiger partial charge < -0.3 is 18.9 Å². The smallest absolute Gasteiger partial charge is 0.0703 e. The fourth-order valence-corrected chi connectivity index (χ4v) is 8.53. The summed E-state index contributed by atoms with van der Waals surface area (Å²) in [5.41, 5.74) is 14.2. The Bertz CT molecular complexity index is 2880. The monoisotopic (exact) mass is 652 g/mol. The average molecular weight is 653 g/mol.